The van der Waals surface area contributed by atoms with Crippen molar-refractivity contribution in [2.45, 2.75) is 19.5 Å². The fourth-order valence-electron chi connectivity index (χ4n) is 3.52. The summed E-state index contributed by atoms with van der Waals surface area (Å²) in [5, 5.41) is 20.4. The van der Waals surface area contributed by atoms with Crippen LogP contribution in [0, 0.1) is 11.3 Å². The number of nitrogens with one attached hydrogen (secondary N) is 1. The maximum Gasteiger partial charge on any atom is 0.134 e. The Morgan fingerprint density at radius 2 is 2.07 bits per heavy atom. The first-order chi connectivity index (χ1) is 13.6. The van der Waals surface area contributed by atoms with Gasteiger partial charge in [0.25, 0.3) is 0 Å². The SMILES string of the molecule is N#Cc1c(N=Cc2cc(Br)ccc2O)sc2c1CC[NH+](Cc1ccccc1)C2. The van der Waals surface area contributed by atoms with Gasteiger partial charge in [-0.3, -0.25) is 0 Å². The lowest BCUT2D eigenvalue weighted by molar-refractivity contribution is -0.929. The highest BCUT2D eigenvalue weighted by Crippen LogP contribution is 2.36. The van der Waals surface area contributed by atoms with Gasteiger partial charge < -0.3 is 10.0 Å². The van der Waals surface area contributed by atoms with Gasteiger partial charge >= 0.3 is 0 Å². The predicted molar refractivity (Wildman–Crippen MR) is 115 cm³/mol. The summed E-state index contributed by atoms with van der Waals surface area (Å²) in [6.45, 7) is 2.93. The van der Waals surface area contributed by atoms with E-state index in [-0.39, 0.29) is 5.75 Å². The number of phenols is 1. The van der Waals surface area contributed by atoms with Crippen molar-refractivity contribution >= 4 is 38.5 Å². The number of nitrogens with zero attached hydrogens (tertiary/aromatic N) is 2. The van der Waals surface area contributed by atoms with Crippen molar-refractivity contribution in [3.63, 3.8) is 0 Å². The molecule has 0 fully saturated rings. The Labute approximate surface area is 176 Å². The Kier molecular flexibility index (Phi) is 5.58. The van der Waals surface area contributed by atoms with Gasteiger partial charge in [-0.2, -0.15) is 5.26 Å². The maximum atomic E-state index is 10.00. The number of thiophene rings is 1. The van der Waals surface area contributed by atoms with Gasteiger partial charge in [0.2, 0.25) is 0 Å². The van der Waals surface area contributed by atoms with Crippen LogP contribution in [0.5, 0.6) is 5.75 Å². The molecule has 1 aliphatic rings. The van der Waals surface area contributed by atoms with Crippen LogP contribution in [0.3, 0.4) is 0 Å². The van der Waals surface area contributed by atoms with Crippen LogP contribution in [0.15, 0.2) is 58.0 Å². The van der Waals surface area contributed by atoms with Gasteiger partial charge in [0.15, 0.2) is 0 Å². The summed E-state index contributed by atoms with van der Waals surface area (Å²) < 4.78 is 0.873. The van der Waals surface area contributed by atoms with E-state index in [4.69, 9.17) is 0 Å². The normalized spacial score (nSPS) is 16.1. The standard InChI is InChI=1S/C22H18BrN3OS/c23-17-6-7-20(27)16(10-17)12-25-22-19(11-24)18-8-9-26(14-21(18)28-22)13-15-4-2-1-3-5-15/h1-7,10,12,27H,8-9,13-14H2/p+1. The van der Waals surface area contributed by atoms with Crippen molar-refractivity contribution < 1.29 is 10.0 Å². The van der Waals surface area contributed by atoms with Gasteiger partial charge in [-0.15, -0.1) is 11.3 Å². The van der Waals surface area contributed by atoms with Crippen molar-refractivity contribution in [1.29, 1.82) is 5.26 Å². The third-order valence-corrected chi connectivity index (χ3v) is 6.56. The minimum Gasteiger partial charge on any atom is -0.507 e. The van der Waals surface area contributed by atoms with E-state index in [9.17, 15) is 10.4 Å². The molecular formula is C22H19BrN3OS+. The Bertz CT molecular complexity index is 1070. The van der Waals surface area contributed by atoms with E-state index in [1.807, 2.05) is 12.1 Å². The first kappa shape index (κ1) is 18.9. The third kappa shape index (κ3) is 4.02. The van der Waals surface area contributed by atoms with E-state index in [0.717, 1.165) is 41.1 Å². The number of fused-ring (bicyclic) bond motifs is 1. The van der Waals surface area contributed by atoms with Gasteiger partial charge in [0, 0.05) is 28.2 Å². The number of aliphatic imine (C=N–C) groups is 1. The number of phenolic OH excluding ortho intramolecular Hbond substituents is 1. The molecule has 1 unspecified atom stereocenters. The second-order valence-corrected chi connectivity index (χ2v) is 8.85. The zero-order chi connectivity index (χ0) is 19.5. The fourth-order valence-corrected chi connectivity index (χ4v) is 5.11. The Hall–Kier alpha value is -2.46. The lowest BCUT2D eigenvalue weighted by atomic mass is 10.0. The highest BCUT2D eigenvalue weighted by atomic mass is 79.9. The second-order valence-electron chi connectivity index (χ2n) is 6.85. The van der Waals surface area contributed by atoms with Gasteiger partial charge in [-0.1, -0.05) is 46.3 Å². The highest BCUT2D eigenvalue weighted by molar-refractivity contribution is 9.10. The van der Waals surface area contributed by atoms with Crippen LogP contribution in [0.25, 0.3) is 0 Å². The molecule has 1 aliphatic heterocycles. The van der Waals surface area contributed by atoms with Crippen molar-refractivity contribution in [2.75, 3.05) is 6.54 Å². The molecule has 28 heavy (non-hydrogen) atoms. The summed E-state index contributed by atoms with van der Waals surface area (Å²) in [6.07, 6.45) is 2.53. The average molecular weight is 453 g/mol. The quantitative estimate of drug-likeness (QED) is 0.588. The molecule has 2 heterocycles. The summed E-state index contributed by atoms with van der Waals surface area (Å²) in [6, 6.07) is 18.1. The van der Waals surface area contributed by atoms with E-state index in [2.05, 4.69) is 51.3 Å². The zero-order valence-electron chi connectivity index (χ0n) is 15.2. The number of hydrogen-bond donors (Lipinski definition) is 2. The number of nitriles is 1. The molecule has 4 rings (SSSR count). The maximum absolute atomic E-state index is 10.00. The Morgan fingerprint density at radius 1 is 1.25 bits per heavy atom. The molecule has 1 atom stereocenters. The smallest absolute Gasteiger partial charge is 0.134 e. The zero-order valence-corrected chi connectivity index (χ0v) is 17.6. The van der Waals surface area contributed by atoms with Crippen LogP contribution >= 0.6 is 27.3 Å². The first-order valence-corrected chi connectivity index (χ1v) is 10.7. The monoisotopic (exact) mass is 452 g/mol. The van der Waals surface area contributed by atoms with Crippen LogP contribution in [-0.4, -0.2) is 17.9 Å². The number of quaternary nitrogens is 1. The molecule has 2 N–H and O–H groups in total. The molecule has 0 amide bonds. The Morgan fingerprint density at radius 3 is 2.86 bits per heavy atom. The molecule has 0 saturated carbocycles. The molecule has 140 valence electrons. The summed E-state index contributed by atoms with van der Waals surface area (Å²) in [4.78, 5) is 7.30. The first-order valence-electron chi connectivity index (χ1n) is 9.08. The number of hydrogen-bond acceptors (Lipinski definition) is 4. The molecule has 0 radical (unpaired) electrons. The second kappa shape index (κ2) is 8.27. The van der Waals surface area contributed by atoms with Crippen LogP contribution in [0.2, 0.25) is 0 Å². The molecule has 0 bridgehead atoms. The van der Waals surface area contributed by atoms with E-state index >= 15 is 0 Å². The fraction of sp³-hybridized carbons (Fsp3) is 0.182. The molecule has 0 spiro atoms. The number of rotatable bonds is 4. The third-order valence-electron chi connectivity index (χ3n) is 4.93. The number of halogens is 1. The molecule has 0 saturated heterocycles. The summed E-state index contributed by atoms with van der Waals surface area (Å²) in [5.41, 5.74) is 3.79. The molecule has 1 aromatic heterocycles. The topological polar surface area (TPSA) is 60.8 Å². The van der Waals surface area contributed by atoms with Gasteiger partial charge in [-0.05, 0) is 23.8 Å². The van der Waals surface area contributed by atoms with Gasteiger partial charge in [0.1, 0.15) is 29.9 Å². The molecular weight excluding hydrogens is 434 g/mol. The van der Waals surface area contributed by atoms with Crippen molar-refractivity contribution in [3.05, 3.63) is 80.1 Å². The van der Waals surface area contributed by atoms with Crippen LogP contribution in [0.4, 0.5) is 5.00 Å². The molecule has 3 aromatic rings. The largest absolute Gasteiger partial charge is 0.507 e. The van der Waals surface area contributed by atoms with Crippen LogP contribution in [-0.2, 0) is 19.5 Å². The highest BCUT2D eigenvalue weighted by Gasteiger charge is 2.26. The van der Waals surface area contributed by atoms with Crippen LogP contribution in [0.1, 0.15) is 27.1 Å². The minimum absolute atomic E-state index is 0.172. The summed E-state index contributed by atoms with van der Waals surface area (Å²) >= 11 is 5.00. The van der Waals surface area contributed by atoms with Crippen LogP contribution < -0.4 is 4.90 Å². The van der Waals surface area contributed by atoms with Crippen molar-refractivity contribution in [1.82, 2.24) is 0 Å². The molecule has 4 nitrogen and oxygen atoms in total. The lowest BCUT2D eigenvalue weighted by Crippen LogP contribution is -3.10. The van der Waals surface area contributed by atoms with Crippen molar-refractivity contribution in [2.24, 2.45) is 4.99 Å². The van der Waals surface area contributed by atoms with Crippen molar-refractivity contribution in [3.8, 4) is 11.8 Å². The Balaban J connectivity index is 1.57. The minimum atomic E-state index is 0.172. The average Bonchev–Trinajstić information content (AvgIpc) is 3.06. The summed E-state index contributed by atoms with van der Waals surface area (Å²) in [5.74, 6) is 0.172. The number of benzene rings is 2. The summed E-state index contributed by atoms with van der Waals surface area (Å²) in [7, 11) is 0. The predicted octanol–water partition coefficient (Wildman–Crippen LogP) is 3.98. The lowest BCUT2D eigenvalue weighted by Gasteiger charge is -2.23. The van der Waals surface area contributed by atoms with E-state index in [0.29, 0.717) is 11.1 Å². The molecule has 2 aromatic carbocycles. The van der Waals surface area contributed by atoms with Gasteiger partial charge in [0.05, 0.1) is 17.0 Å². The van der Waals surface area contributed by atoms with E-state index in [1.165, 1.54) is 15.3 Å². The van der Waals surface area contributed by atoms with Gasteiger partial charge in [-0.25, -0.2) is 4.99 Å². The van der Waals surface area contributed by atoms with E-state index in [1.54, 1.807) is 29.7 Å². The molecule has 6 heteroatoms. The van der Waals surface area contributed by atoms with E-state index < -0.39 is 0 Å². The number of aromatic hydroxyl groups is 1. The molecule has 0 aliphatic carbocycles.